The molecule has 90 valence electrons. The van der Waals surface area contributed by atoms with Crippen molar-refractivity contribution in [2.75, 3.05) is 0 Å². The fraction of sp³-hybridized carbons (Fsp3) is 0.357. The van der Waals surface area contributed by atoms with Gasteiger partial charge in [-0.3, -0.25) is 0 Å². The van der Waals surface area contributed by atoms with Crippen LogP contribution in [0.3, 0.4) is 0 Å². The van der Waals surface area contributed by atoms with Gasteiger partial charge in [0.2, 0.25) is 0 Å². The topological polar surface area (TPSA) is 48.9 Å². The summed E-state index contributed by atoms with van der Waals surface area (Å²) in [5.41, 5.74) is 4.32. The number of nitrogens with one attached hydrogen (secondary N) is 1. The van der Waals surface area contributed by atoms with Crippen LogP contribution in [0.25, 0.3) is 11.3 Å². The molecule has 0 saturated heterocycles. The van der Waals surface area contributed by atoms with Crippen molar-refractivity contribution in [3.05, 3.63) is 41.3 Å². The molecule has 0 unspecified atom stereocenters. The van der Waals surface area contributed by atoms with Crippen molar-refractivity contribution in [1.82, 2.24) is 9.97 Å². The van der Waals surface area contributed by atoms with Crippen molar-refractivity contribution >= 4 is 0 Å². The molecular weight excluding hydrogens is 212 g/mol. The standard InChI is InChI=1S/C14H18N2O/c1-9(2)11-4-6-12(7-5-11)14-10(3)15-13(8-17)16-14/h4-7,9,17H,8H2,1-3H3,(H,15,16). The predicted molar refractivity (Wildman–Crippen MR) is 68.8 cm³/mol. The Hall–Kier alpha value is -1.61. The van der Waals surface area contributed by atoms with E-state index in [1.54, 1.807) is 0 Å². The molecule has 2 N–H and O–H groups in total. The highest BCUT2D eigenvalue weighted by atomic mass is 16.3. The van der Waals surface area contributed by atoms with Crippen LogP contribution in [0.15, 0.2) is 24.3 Å². The van der Waals surface area contributed by atoms with E-state index in [0.717, 1.165) is 17.0 Å². The van der Waals surface area contributed by atoms with Gasteiger partial charge in [-0.2, -0.15) is 0 Å². The summed E-state index contributed by atoms with van der Waals surface area (Å²) < 4.78 is 0. The Bertz CT molecular complexity index is 497. The van der Waals surface area contributed by atoms with E-state index in [4.69, 9.17) is 5.11 Å². The molecule has 0 amide bonds. The van der Waals surface area contributed by atoms with Gasteiger partial charge in [-0.05, 0) is 18.4 Å². The molecule has 0 atom stereocenters. The Kier molecular flexibility index (Phi) is 3.29. The van der Waals surface area contributed by atoms with Crippen molar-refractivity contribution in [3.8, 4) is 11.3 Å². The van der Waals surface area contributed by atoms with Crippen LogP contribution in [0.4, 0.5) is 0 Å². The predicted octanol–water partition coefficient (Wildman–Crippen LogP) is 3.00. The Morgan fingerprint density at radius 1 is 1.24 bits per heavy atom. The lowest BCUT2D eigenvalue weighted by molar-refractivity contribution is 0.272. The number of aliphatic hydroxyl groups excluding tert-OH is 1. The highest BCUT2D eigenvalue weighted by Crippen LogP contribution is 2.23. The summed E-state index contributed by atoms with van der Waals surface area (Å²) in [6.45, 7) is 6.28. The SMILES string of the molecule is Cc1[nH]c(CO)nc1-c1ccc(C(C)C)cc1. The zero-order valence-electron chi connectivity index (χ0n) is 10.5. The van der Waals surface area contributed by atoms with E-state index in [0.29, 0.717) is 11.7 Å². The first-order valence-electron chi connectivity index (χ1n) is 5.88. The molecule has 0 radical (unpaired) electrons. The second-order valence-electron chi connectivity index (χ2n) is 4.59. The van der Waals surface area contributed by atoms with E-state index in [1.807, 2.05) is 6.92 Å². The second-order valence-corrected chi connectivity index (χ2v) is 4.59. The molecule has 0 bridgehead atoms. The van der Waals surface area contributed by atoms with Gasteiger partial charge in [0.25, 0.3) is 0 Å². The largest absolute Gasteiger partial charge is 0.388 e. The number of aromatic amines is 1. The smallest absolute Gasteiger partial charge is 0.132 e. The van der Waals surface area contributed by atoms with Crippen LogP contribution in [0, 0.1) is 6.92 Å². The molecule has 0 aliphatic rings. The molecule has 1 heterocycles. The first-order chi connectivity index (χ1) is 8.11. The molecule has 3 nitrogen and oxygen atoms in total. The number of imidazole rings is 1. The molecule has 0 aliphatic carbocycles. The fourth-order valence-corrected chi connectivity index (χ4v) is 1.90. The van der Waals surface area contributed by atoms with Crippen LogP contribution in [0.5, 0.6) is 0 Å². The molecule has 17 heavy (non-hydrogen) atoms. The zero-order valence-corrected chi connectivity index (χ0v) is 10.5. The van der Waals surface area contributed by atoms with Gasteiger partial charge in [-0.1, -0.05) is 38.1 Å². The van der Waals surface area contributed by atoms with Crippen molar-refractivity contribution in [1.29, 1.82) is 0 Å². The number of aromatic nitrogens is 2. The van der Waals surface area contributed by atoms with Gasteiger partial charge in [0.05, 0.1) is 5.69 Å². The van der Waals surface area contributed by atoms with Crippen LogP contribution in [0.1, 0.15) is 36.8 Å². The molecule has 2 aromatic rings. The van der Waals surface area contributed by atoms with E-state index in [9.17, 15) is 0 Å². The quantitative estimate of drug-likeness (QED) is 0.851. The molecule has 1 aromatic heterocycles. The Labute approximate surface area is 102 Å². The number of aryl methyl sites for hydroxylation is 1. The van der Waals surface area contributed by atoms with Crippen molar-refractivity contribution < 1.29 is 5.11 Å². The molecule has 0 fully saturated rings. The molecule has 0 saturated carbocycles. The monoisotopic (exact) mass is 230 g/mol. The van der Waals surface area contributed by atoms with E-state index in [-0.39, 0.29) is 6.61 Å². The molecule has 2 rings (SSSR count). The summed E-state index contributed by atoms with van der Waals surface area (Å²) in [5.74, 6) is 1.16. The summed E-state index contributed by atoms with van der Waals surface area (Å²) in [5, 5.41) is 9.05. The highest BCUT2D eigenvalue weighted by molar-refractivity contribution is 5.62. The van der Waals surface area contributed by atoms with Gasteiger partial charge in [0, 0.05) is 11.3 Å². The number of aliphatic hydroxyl groups is 1. The molecular formula is C14H18N2O. The van der Waals surface area contributed by atoms with Crippen LogP contribution in [-0.2, 0) is 6.61 Å². The minimum Gasteiger partial charge on any atom is -0.388 e. The molecule has 3 heteroatoms. The van der Waals surface area contributed by atoms with Crippen molar-refractivity contribution in [2.24, 2.45) is 0 Å². The number of nitrogens with zero attached hydrogens (tertiary/aromatic N) is 1. The normalized spacial score (nSPS) is 11.1. The lowest BCUT2D eigenvalue weighted by atomic mass is 10.0. The van der Waals surface area contributed by atoms with Gasteiger partial charge < -0.3 is 10.1 Å². The first-order valence-corrected chi connectivity index (χ1v) is 5.88. The Morgan fingerprint density at radius 3 is 2.35 bits per heavy atom. The van der Waals surface area contributed by atoms with Gasteiger partial charge >= 0.3 is 0 Å². The summed E-state index contributed by atoms with van der Waals surface area (Å²) in [7, 11) is 0. The average Bonchev–Trinajstić information content (AvgIpc) is 2.71. The number of benzene rings is 1. The van der Waals surface area contributed by atoms with Crippen molar-refractivity contribution in [3.63, 3.8) is 0 Å². The summed E-state index contributed by atoms with van der Waals surface area (Å²) >= 11 is 0. The highest BCUT2D eigenvalue weighted by Gasteiger charge is 2.08. The first kappa shape index (κ1) is 11.9. The van der Waals surface area contributed by atoms with E-state index < -0.39 is 0 Å². The van der Waals surface area contributed by atoms with E-state index >= 15 is 0 Å². The maximum Gasteiger partial charge on any atom is 0.132 e. The van der Waals surface area contributed by atoms with Gasteiger partial charge in [0.15, 0.2) is 0 Å². The minimum atomic E-state index is -0.0507. The number of hydrogen-bond acceptors (Lipinski definition) is 2. The lowest BCUT2D eigenvalue weighted by Crippen LogP contribution is -1.88. The fourth-order valence-electron chi connectivity index (χ4n) is 1.90. The third kappa shape index (κ3) is 2.39. The zero-order chi connectivity index (χ0) is 12.4. The van der Waals surface area contributed by atoms with E-state index in [2.05, 4.69) is 48.1 Å². The third-order valence-corrected chi connectivity index (χ3v) is 2.93. The second kappa shape index (κ2) is 4.72. The lowest BCUT2D eigenvalue weighted by Gasteiger charge is -2.06. The maximum atomic E-state index is 9.05. The van der Waals surface area contributed by atoms with Crippen LogP contribution in [0.2, 0.25) is 0 Å². The Balaban J connectivity index is 2.36. The number of rotatable bonds is 3. The van der Waals surface area contributed by atoms with Gasteiger partial charge in [-0.15, -0.1) is 0 Å². The number of H-pyrrole nitrogens is 1. The van der Waals surface area contributed by atoms with Crippen molar-refractivity contribution in [2.45, 2.75) is 33.3 Å². The van der Waals surface area contributed by atoms with Crippen LogP contribution < -0.4 is 0 Å². The third-order valence-electron chi connectivity index (χ3n) is 2.93. The minimum absolute atomic E-state index is 0.0507. The van der Waals surface area contributed by atoms with Crippen LogP contribution in [-0.4, -0.2) is 15.1 Å². The van der Waals surface area contributed by atoms with Gasteiger partial charge in [-0.25, -0.2) is 4.98 Å². The van der Waals surface area contributed by atoms with Gasteiger partial charge in [0.1, 0.15) is 12.4 Å². The Morgan fingerprint density at radius 2 is 1.88 bits per heavy atom. The summed E-state index contributed by atoms with van der Waals surface area (Å²) in [6.07, 6.45) is 0. The number of hydrogen-bond donors (Lipinski definition) is 2. The van der Waals surface area contributed by atoms with E-state index in [1.165, 1.54) is 5.56 Å². The maximum absolute atomic E-state index is 9.05. The molecule has 0 aliphatic heterocycles. The summed E-state index contributed by atoms with van der Waals surface area (Å²) in [6, 6.07) is 8.43. The molecule has 0 spiro atoms. The van der Waals surface area contributed by atoms with Crippen LogP contribution >= 0.6 is 0 Å². The summed E-state index contributed by atoms with van der Waals surface area (Å²) in [4.78, 5) is 7.44. The molecule has 1 aromatic carbocycles. The average molecular weight is 230 g/mol.